The number of hydrogen-bond donors (Lipinski definition) is 3. The van der Waals surface area contributed by atoms with Gasteiger partial charge >= 0.3 is 0 Å². The van der Waals surface area contributed by atoms with Crippen molar-refractivity contribution in [3.05, 3.63) is 29.6 Å². The van der Waals surface area contributed by atoms with Crippen molar-refractivity contribution in [1.29, 1.82) is 0 Å². The van der Waals surface area contributed by atoms with Crippen molar-refractivity contribution < 1.29 is 9.59 Å². The topological polar surface area (TPSA) is 97.1 Å². The molecule has 1 aromatic heterocycles. The fourth-order valence-corrected chi connectivity index (χ4v) is 1.46. The number of amides is 2. The molecule has 0 spiro atoms. The predicted molar refractivity (Wildman–Crippen MR) is 75.8 cm³/mol. The van der Waals surface area contributed by atoms with Crippen molar-refractivity contribution in [2.45, 2.75) is 13.3 Å². The van der Waals surface area contributed by atoms with Crippen LogP contribution in [0.15, 0.2) is 18.3 Å². The quantitative estimate of drug-likeness (QED) is 0.636. The molecule has 0 fully saturated rings. The first-order valence-electron chi connectivity index (χ1n) is 5.85. The molecule has 0 radical (unpaired) electrons. The molecule has 0 saturated carbocycles. The Morgan fingerprint density at radius 2 is 2.11 bits per heavy atom. The maximum Gasteiger partial charge on any atom is 0.269 e. The Hall–Kier alpha value is -2.02. The summed E-state index contributed by atoms with van der Waals surface area (Å²) in [6.07, 6.45) is 1.69. The van der Waals surface area contributed by atoms with Gasteiger partial charge in [0.1, 0.15) is 10.7 Å². The Balaban J connectivity index is 2.45. The number of hydrogen-bond acceptors (Lipinski definition) is 4. The molecule has 19 heavy (non-hydrogen) atoms. The first kappa shape index (κ1) is 15.0. The molecule has 0 aliphatic heterocycles. The normalized spacial score (nSPS) is 9.74. The molecule has 0 aliphatic rings. The van der Waals surface area contributed by atoms with E-state index < -0.39 is 0 Å². The van der Waals surface area contributed by atoms with Crippen LogP contribution in [-0.2, 0) is 4.79 Å². The van der Waals surface area contributed by atoms with E-state index in [1.54, 1.807) is 6.07 Å². The second-order valence-electron chi connectivity index (χ2n) is 3.76. The highest BCUT2D eigenvalue weighted by atomic mass is 32.1. The number of thiocarbonyl (C=S) groups is 1. The van der Waals surface area contributed by atoms with Crippen LogP contribution in [0.4, 0.5) is 0 Å². The zero-order chi connectivity index (χ0) is 14.3. The molecular weight excluding hydrogens is 264 g/mol. The van der Waals surface area contributed by atoms with Crippen LogP contribution in [0.25, 0.3) is 0 Å². The first-order valence-corrected chi connectivity index (χ1v) is 6.26. The van der Waals surface area contributed by atoms with Crippen LogP contribution in [-0.4, -0.2) is 34.9 Å². The summed E-state index contributed by atoms with van der Waals surface area (Å²) in [4.78, 5) is 27.1. The van der Waals surface area contributed by atoms with Crippen LogP contribution in [0.3, 0.4) is 0 Å². The second-order valence-corrected chi connectivity index (χ2v) is 4.20. The van der Waals surface area contributed by atoms with E-state index in [1.807, 2.05) is 6.92 Å². The number of nitrogens with two attached hydrogens (primary N) is 1. The first-order chi connectivity index (χ1) is 9.04. The minimum absolute atomic E-state index is 0.0976. The Bertz CT molecular complexity index is 473. The third-order valence-corrected chi connectivity index (χ3v) is 2.53. The van der Waals surface area contributed by atoms with Gasteiger partial charge in [-0.25, -0.2) is 0 Å². The van der Waals surface area contributed by atoms with Crippen molar-refractivity contribution >= 4 is 29.0 Å². The van der Waals surface area contributed by atoms with E-state index in [4.69, 9.17) is 18.0 Å². The summed E-state index contributed by atoms with van der Waals surface area (Å²) in [5.41, 5.74) is 6.29. The van der Waals surface area contributed by atoms with Crippen molar-refractivity contribution in [3.8, 4) is 0 Å². The average molecular weight is 280 g/mol. The standard InChI is InChI=1S/C12H16N4O2S/c1-2-14-10(17)5-6-15-12(18)9-4-3-8(7-16-9)11(13)19/h3-4,7H,2,5-6H2,1H3,(H2,13,19)(H,14,17)(H,15,18). The maximum absolute atomic E-state index is 11.7. The van der Waals surface area contributed by atoms with Gasteiger partial charge in [0, 0.05) is 31.3 Å². The molecule has 0 unspecified atom stereocenters. The fourth-order valence-electron chi connectivity index (χ4n) is 1.34. The van der Waals surface area contributed by atoms with E-state index in [9.17, 15) is 9.59 Å². The third-order valence-electron chi connectivity index (χ3n) is 2.29. The number of nitrogens with one attached hydrogen (secondary N) is 2. The summed E-state index contributed by atoms with van der Waals surface area (Å²) in [6.45, 7) is 2.68. The molecule has 2 amide bonds. The summed E-state index contributed by atoms with van der Waals surface area (Å²) in [6, 6.07) is 3.17. The minimum atomic E-state index is -0.334. The highest BCUT2D eigenvalue weighted by Gasteiger charge is 2.08. The molecule has 1 aromatic rings. The van der Waals surface area contributed by atoms with Gasteiger partial charge in [-0.15, -0.1) is 0 Å². The predicted octanol–water partition coefficient (Wildman–Crippen LogP) is -0.0282. The summed E-state index contributed by atoms with van der Waals surface area (Å²) < 4.78 is 0. The number of rotatable bonds is 6. The van der Waals surface area contributed by atoms with Crippen molar-refractivity contribution in [2.24, 2.45) is 5.73 Å². The van der Waals surface area contributed by atoms with Crippen molar-refractivity contribution in [2.75, 3.05) is 13.1 Å². The Labute approximate surface area is 116 Å². The monoisotopic (exact) mass is 280 g/mol. The van der Waals surface area contributed by atoms with Gasteiger partial charge in [0.15, 0.2) is 0 Å². The molecule has 0 saturated heterocycles. The molecule has 1 heterocycles. The number of aromatic nitrogens is 1. The van der Waals surface area contributed by atoms with Gasteiger partial charge in [0.2, 0.25) is 5.91 Å². The fraction of sp³-hybridized carbons (Fsp3) is 0.333. The highest BCUT2D eigenvalue weighted by Crippen LogP contribution is 2.00. The largest absolute Gasteiger partial charge is 0.389 e. The molecule has 1 rings (SSSR count). The Morgan fingerprint density at radius 1 is 1.37 bits per heavy atom. The van der Waals surface area contributed by atoms with Crippen molar-refractivity contribution in [3.63, 3.8) is 0 Å². The lowest BCUT2D eigenvalue weighted by Crippen LogP contribution is -2.31. The smallest absolute Gasteiger partial charge is 0.269 e. The average Bonchev–Trinajstić information content (AvgIpc) is 2.39. The Morgan fingerprint density at radius 3 is 2.63 bits per heavy atom. The van der Waals surface area contributed by atoms with Gasteiger partial charge in [-0.3, -0.25) is 14.6 Å². The summed E-state index contributed by atoms with van der Waals surface area (Å²) in [5.74, 6) is -0.432. The van der Waals surface area contributed by atoms with Crippen LogP contribution in [0.5, 0.6) is 0 Å². The van der Waals surface area contributed by atoms with Crippen LogP contribution in [0, 0.1) is 0 Å². The molecule has 0 aromatic carbocycles. The minimum Gasteiger partial charge on any atom is -0.389 e. The lowest BCUT2D eigenvalue weighted by Gasteiger charge is -2.05. The van der Waals surface area contributed by atoms with Gasteiger partial charge in [-0.1, -0.05) is 12.2 Å². The zero-order valence-electron chi connectivity index (χ0n) is 10.6. The molecule has 0 bridgehead atoms. The van der Waals surface area contributed by atoms with Gasteiger partial charge in [0.05, 0.1) is 0 Å². The van der Waals surface area contributed by atoms with Gasteiger partial charge in [-0.05, 0) is 19.1 Å². The number of nitrogens with zero attached hydrogens (tertiary/aromatic N) is 1. The molecule has 0 aliphatic carbocycles. The van der Waals surface area contributed by atoms with Crippen LogP contribution >= 0.6 is 12.2 Å². The SMILES string of the molecule is CCNC(=O)CCNC(=O)c1ccc(C(N)=S)cn1. The lowest BCUT2D eigenvalue weighted by molar-refractivity contribution is -0.120. The zero-order valence-corrected chi connectivity index (χ0v) is 11.4. The maximum atomic E-state index is 11.7. The van der Waals surface area contributed by atoms with E-state index in [-0.39, 0.29) is 35.5 Å². The van der Waals surface area contributed by atoms with Crippen LogP contribution in [0.2, 0.25) is 0 Å². The molecule has 7 heteroatoms. The molecule has 4 N–H and O–H groups in total. The van der Waals surface area contributed by atoms with Crippen LogP contribution in [0.1, 0.15) is 29.4 Å². The summed E-state index contributed by atoms with van der Waals surface area (Å²) in [5, 5.41) is 5.26. The summed E-state index contributed by atoms with van der Waals surface area (Å²) in [7, 11) is 0. The number of carbonyl (C=O) groups excluding carboxylic acids is 2. The van der Waals surface area contributed by atoms with E-state index in [2.05, 4.69) is 15.6 Å². The number of carbonyl (C=O) groups is 2. The van der Waals surface area contributed by atoms with Gasteiger partial charge in [-0.2, -0.15) is 0 Å². The molecule has 6 nitrogen and oxygen atoms in total. The summed E-state index contributed by atoms with van der Waals surface area (Å²) >= 11 is 4.79. The van der Waals surface area contributed by atoms with E-state index >= 15 is 0 Å². The van der Waals surface area contributed by atoms with Gasteiger partial charge in [0.25, 0.3) is 5.91 Å². The van der Waals surface area contributed by atoms with E-state index in [0.717, 1.165) is 0 Å². The van der Waals surface area contributed by atoms with E-state index in [1.165, 1.54) is 12.3 Å². The third kappa shape index (κ3) is 5.01. The molecule has 102 valence electrons. The number of pyridine rings is 1. The lowest BCUT2D eigenvalue weighted by atomic mass is 10.2. The Kier molecular flexibility index (Phi) is 5.87. The highest BCUT2D eigenvalue weighted by molar-refractivity contribution is 7.80. The second kappa shape index (κ2) is 7.42. The van der Waals surface area contributed by atoms with Crippen molar-refractivity contribution in [1.82, 2.24) is 15.6 Å². The van der Waals surface area contributed by atoms with Crippen LogP contribution < -0.4 is 16.4 Å². The molecule has 0 atom stereocenters. The molecular formula is C12H16N4O2S. The van der Waals surface area contributed by atoms with E-state index in [0.29, 0.717) is 12.1 Å². The van der Waals surface area contributed by atoms with Gasteiger partial charge < -0.3 is 16.4 Å².